The van der Waals surface area contributed by atoms with Crippen LogP contribution in [0.25, 0.3) is 0 Å². The summed E-state index contributed by atoms with van der Waals surface area (Å²) in [5.74, 6) is -0.309. The van der Waals surface area contributed by atoms with Gasteiger partial charge in [-0.3, -0.25) is 15.6 Å². The Labute approximate surface area is 138 Å². The first-order chi connectivity index (χ1) is 11.1. The topological polar surface area (TPSA) is 75.5 Å². The Hall–Kier alpha value is -2.61. The summed E-state index contributed by atoms with van der Waals surface area (Å²) in [7, 11) is 0. The number of carbonyl (C=O) groups excluding carboxylic acids is 1. The minimum Gasteiger partial charge on any atom is -0.478 e. The Balaban J connectivity index is 1.73. The largest absolute Gasteiger partial charge is 0.478 e. The lowest BCUT2D eigenvalue weighted by molar-refractivity contribution is -0.127. The van der Waals surface area contributed by atoms with Crippen molar-refractivity contribution in [2.24, 2.45) is 0 Å². The monoisotopic (exact) mass is 337 g/mol. The number of rotatable bonds is 5. The third kappa shape index (κ3) is 5.26. The maximum absolute atomic E-state index is 13.5. The Kier molecular flexibility index (Phi) is 5.93. The Morgan fingerprint density at radius 1 is 1.30 bits per heavy atom. The Morgan fingerprint density at radius 2 is 2.09 bits per heavy atom. The van der Waals surface area contributed by atoms with Gasteiger partial charge in [0.05, 0.1) is 12.8 Å². The molecule has 1 aromatic heterocycles. The molecule has 0 fully saturated rings. The number of hydrazine groups is 1. The summed E-state index contributed by atoms with van der Waals surface area (Å²) in [6.45, 7) is 1.89. The molecule has 6 nitrogen and oxygen atoms in total. The van der Waals surface area contributed by atoms with E-state index in [9.17, 15) is 9.18 Å². The number of furan rings is 1. The lowest BCUT2D eigenvalue weighted by Gasteiger charge is -2.16. The van der Waals surface area contributed by atoms with E-state index in [1.807, 2.05) is 0 Å². The minimum atomic E-state index is -0.896. The quantitative estimate of drug-likeness (QED) is 0.571. The molecule has 3 N–H and O–H groups in total. The van der Waals surface area contributed by atoms with Gasteiger partial charge in [-0.25, -0.2) is 4.39 Å². The average molecular weight is 337 g/mol. The summed E-state index contributed by atoms with van der Waals surface area (Å²) in [5, 5.41) is 3.06. The highest BCUT2D eigenvalue weighted by molar-refractivity contribution is 7.80. The molecule has 1 atom stereocenters. The summed E-state index contributed by atoms with van der Waals surface area (Å²) < 4.78 is 23.8. The van der Waals surface area contributed by atoms with Crippen LogP contribution in [-0.2, 0) is 11.3 Å². The SMILES string of the molecule is C[C@H](Oc1ccccc1F)C(=O)NNC(=S)NCc1ccco1. The predicted molar refractivity (Wildman–Crippen MR) is 85.9 cm³/mol. The fraction of sp³-hybridized carbons (Fsp3) is 0.200. The van der Waals surface area contributed by atoms with E-state index in [1.54, 1.807) is 24.5 Å². The third-order valence-electron chi connectivity index (χ3n) is 2.81. The molecule has 0 bridgehead atoms. The zero-order chi connectivity index (χ0) is 16.7. The number of amides is 1. The first kappa shape index (κ1) is 16.8. The van der Waals surface area contributed by atoms with E-state index in [0.717, 1.165) is 0 Å². The number of hydrogen-bond acceptors (Lipinski definition) is 4. The van der Waals surface area contributed by atoms with Crippen LogP contribution >= 0.6 is 12.2 Å². The van der Waals surface area contributed by atoms with Crippen molar-refractivity contribution in [2.75, 3.05) is 0 Å². The van der Waals surface area contributed by atoms with E-state index >= 15 is 0 Å². The van der Waals surface area contributed by atoms with E-state index in [-0.39, 0.29) is 10.9 Å². The number of nitrogens with one attached hydrogen (secondary N) is 3. The molecule has 0 unspecified atom stereocenters. The summed E-state index contributed by atoms with van der Waals surface area (Å²) >= 11 is 5.00. The van der Waals surface area contributed by atoms with E-state index in [1.165, 1.54) is 25.1 Å². The van der Waals surface area contributed by atoms with Gasteiger partial charge in [-0.05, 0) is 43.4 Å². The second-order valence-electron chi connectivity index (χ2n) is 4.57. The third-order valence-corrected chi connectivity index (χ3v) is 3.06. The number of hydrogen-bond donors (Lipinski definition) is 3. The smallest absolute Gasteiger partial charge is 0.279 e. The van der Waals surface area contributed by atoms with E-state index in [0.29, 0.717) is 12.3 Å². The van der Waals surface area contributed by atoms with Crippen molar-refractivity contribution >= 4 is 23.2 Å². The highest BCUT2D eigenvalue weighted by Gasteiger charge is 2.16. The van der Waals surface area contributed by atoms with Crippen molar-refractivity contribution in [3.8, 4) is 5.75 Å². The molecule has 0 aliphatic carbocycles. The second-order valence-corrected chi connectivity index (χ2v) is 4.98. The van der Waals surface area contributed by atoms with Crippen molar-refractivity contribution in [3.05, 3.63) is 54.2 Å². The molecular weight excluding hydrogens is 321 g/mol. The average Bonchev–Trinajstić information content (AvgIpc) is 3.06. The van der Waals surface area contributed by atoms with Gasteiger partial charge in [0.2, 0.25) is 0 Å². The molecule has 0 aliphatic heterocycles. The van der Waals surface area contributed by atoms with E-state index in [2.05, 4.69) is 16.2 Å². The summed E-state index contributed by atoms with van der Waals surface area (Å²) in [5.41, 5.74) is 4.91. The number of halogens is 1. The summed E-state index contributed by atoms with van der Waals surface area (Å²) in [4.78, 5) is 11.9. The van der Waals surface area contributed by atoms with Crippen LogP contribution < -0.4 is 20.9 Å². The van der Waals surface area contributed by atoms with Crippen LogP contribution in [0.5, 0.6) is 5.75 Å². The minimum absolute atomic E-state index is 0.00803. The Morgan fingerprint density at radius 3 is 2.78 bits per heavy atom. The van der Waals surface area contributed by atoms with E-state index < -0.39 is 17.8 Å². The van der Waals surface area contributed by atoms with Crippen LogP contribution in [0.3, 0.4) is 0 Å². The van der Waals surface area contributed by atoms with Crippen molar-refractivity contribution in [2.45, 2.75) is 19.6 Å². The molecule has 122 valence electrons. The molecule has 0 aliphatic rings. The molecule has 8 heteroatoms. The molecule has 2 aromatic rings. The van der Waals surface area contributed by atoms with Crippen LogP contribution in [0.15, 0.2) is 47.1 Å². The van der Waals surface area contributed by atoms with Crippen LogP contribution in [0, 0.1) is 5.82 Å². The molecular formula is C15H16FN3O3S. The molecule has 1 aromatic carbocycles. The zero-order valence-corrected chi connectivity index (χ0v) is 13.2. The predicted octanol–water partition coefficient (Wildman–Crippen LogP) is 1.88. The molecule has 2 rings (SSSR count). The maximum atomic E-state index is 13.5. The second kappa shape index (κ2) is 8.14. The van der Waals surface area contributed by atoms with Gasteiger partial charge in [0.1, 0.15) is 5.76 Å². The van der Waals surface area contributed by atoms with Crippen molar-refractivity contribution in [1.29, 1.82) is 0 Å². The van der Waals surface area contributed by atoms with Gasteiger partial charge in [-0.15, -0.1) is 0 Å². The zero-order valence-electron chi connectivity index (χ0n) is 12.3. The van der Waals surface area contributed by atoms with Crippen molar-refractivity contribution < 1.29 is 18.3 Å². The van der Waals surface area contributed by atoms with Gasteiger partial charge < -0.3 is 14.5 Å². The normalized spacial score (nSPS) is 11.4. The van der Waals surface area contributed by atoms with Gasteiger partial charge in [0, 0.05) is 0 Å². The van der Waals surface area contributed by atoms with Gasteiger partial charge in [0.15, 0.2) is 22.8 Å². The first-order valence-electron chi connectivity index (χ1n) is 6.83. The molecule has 0 saturated carbocycles. The molecule has 1 amide bonds. The van der Waals surface area contributed by atoms with E-state index in [4.69, 9.17) is 21.4 Å². The molecule has 0 radical (unpaired) electrons. The van der Waals surface area contributed by atoms with Gasteiger partial charge >= 0.3 is 0 Å². The highest BCUT2D eigenvalue weighted by Crippen LogP contribution is 2.16. The van der Waals surface area contributed by atoms with Crippen LogP contribution in [-0.4, -0.2) is 17.1 Å². The van der Waals surface area contributed by atoms with Crippen molar-refractivity contribution in [3.63, 3.8) is 0 Å². The molecule has 0 spiro atoms. The maximum Gasteiger partial charge on any atom is 0.279 e. The van der Waals surface area contributed by atoms with Gasteiger partial charge in [-0.1, -0.05) is 12.1 Å². The highest BCUT2D eigenvalue weighted by atomic mass is 32.1. The Bertz CT molecular complexity index is 664. The number of para-hydroxylation sites is 1. The number of thiocarbonyl (C=S) groups is 1. The first-order valence-corrected chi connectivity index (χ1v) is 7.24. The fourth-order valence-electron chi connectivity index (χ4n) is 1.63. The fourth-order valence-corrected chi connectivity index (χ4v) is 1.75. The van der Waals surface area contributed by atoms with Crippen LogP contribution in [0.1, 0.15) is 12.7 Å². The van der Waals surface area contributed by atoms with Gasteiger partial charge in [-0.2, -0.15) is 0 Å². The van der Waals surface area contributed by atoms with Crippen molar-refractivity contribution in [1.82, 2.24) is 16.2 Å². The lowest BCUT2D eigenvalue weighted by Crippen LogP contribution is -2.50. The molecule has 0 saturated heterocycles. The standard InChI is InChI=1S/C15H16FN3O3S/c1-10(22-13-7-3-2-6-12(13)16)14(20)18-19-15(23)17-9-11-5-4-8-21-11/h2-8,10H,9H2,1H3,(H,18,20)(H2,17,19,23)/t10-/m0/s1. The van der Waals surface area contributed by atoms with Crippen LogP contribution in [0.4, 0.5) is 4.39 Å². The summed E-state index contributed by atoms with van der Waals surface area (Å²) in [6, 6.07) is 9.41. The van der Waals surface area contributed by atoms with Gasteiger partial charge in [0.25, 0.3) is 5.91 Å². The number of ether oxygens (including phenoxy) is 1. The number of benzene rings is 1. The van der Waals surface area contributed by atoms with Crippen LogP contribution in [0.2, 0.25) is 0 Å². The number of carbonyl (C=O) groups is 1. The summed E-state index contributed by atoms with van der Waals surface area (Å²) in [6.07, 6.45) is 0.657. The molecule has 1 heterocycles. The lowest BCUT2D eigenvalue weighted by atomic mass is 10.3. The molecule has 23 heavy (non-hydrogen) atoms.